The summed E-state index contributed by atoms with van der Waals surface area (Å²) < 4.78 is 0. The topological polar surface area (TPSA) is 65.5 Å². The highest BCUT2D eigenvalue weighted by atomic mass is 16.3. The van der Waals surface area contributed by atoms with E-state index in [0.717, 1.165) is 11.1 Å². The Morgan fingerprint density at radius 1 is 1.17 bits per heavy atom. The molecular formula is C18H21N3O2. The maximum absolute atomic E-state index is 12.5. The highest BCUT2D eigenvalue weighted by Crippen LogP contribution is 2.21. The Labute approximate surface area is 136 Å². The van der Waals surface area contributed by atoms with Crippen LogP contribution < -0.4 is 5.32 Å². The number of aliphatic hydroxyl groups is 1. The van der Waals surface area contributed by atoms with E-state index in [1.807, 2.05) is 42.5 Å². The minimum Gasteiger partial charge on any atom is -0.391 e. The Kier molecular flexibility index (Phi) is 4.88. The smallest absolute Gasteiger partial charge is 0.318 e. The van der Waals surface area contributed by atoms with Gasteiger partial charge in [-0.05, 0) is 36.1 Å². The van der Waals surface area contributed by atoms with Crippen molar-refractivity contribution in [1.82, 2.24) is 15.2 Å². The van der Waals surface area contributed by atoms with E-state index in [4.69, 9.17) is 0 Å². The highest BCUT2D eigenvalue weighted by molar-refractivity contribution is 5.75. The number of carbonyl (C=O) groups is 1. The number of benzene rings is 1. The third-order valence-electron chi connectivity index (χ3n) is 4.25. The van der Waals surface area contributed by atoms with E-state index >= 15 is 0 Å². The molecule has 0 aliphatic carbocycles. The van der Waals surface area contributed by atoms with Gasteiger partial charge in [-0.15, -0.1) is 0 Å². The van der Waals surface area contributed by atoms with Gasteiger partial charge in [0.25, 0.3) is 0 Å². The van der Waals surface area contributed by atoms with Crippen molar-refractivity contribution >= 4 is 6.03 Å². The standard InChI is InChI=1S/C18H21N3O2/c22-17-8-11-21(16(17)12-14-6-9-19-10-7-14)18(23)20-13-15-4-2-1-3-5-15/h1-7,9-10,16-17,22H,8,11-13H2,(H,20,23)/t16-,17+/m0/s1. The third-order valence-corrected chi connectivity index (χ3v) is 4.25. The van der Waals surface area contributed by atoms with Gasteiger partial charge in [-0.1, -0.05) is 30.3 Å². The molecule has 1 aromatic heterocycles. The molecule has 2 aromatic rings. The molecule has 1 aliphatic rings. The van der Waals surface area contributed by atoms with Gasteiger partial charge in [0.15, 0.2) is 0 Å². The van der Waals surface area contributed by atoms with E-state index in [2.05, 4.69) is 10.3 Å². The van der Waals surface area contributed by atoms with E-state index < -0.39 is 6.10 Å². The molecule has 2 N–H and O–H groups in total. The van der Waals surface area contributed by atoms with Gasteiger partial charge in [0.05, 0.1) is 12.1 Å². The summed E-state index contributed by atoms with van der Waals surface area (Å²) in [7, 11) is 0. The lowest BCUT2D eigenvalue weighted by molar-refractivity contribution is 0.122. The molecule has 0 bridgehead atoms. The van der Waals surface area contributed by atoms with Crippen molar-refractivity contribution in [2.75, 3.05) is 6.54 Å². The molecule has 23 heavy (non-hydrogen) atoms. The molecule has 0 unspecified atom stereocenters. The molecule has 1 fully saturated rings. The number of nitrogens with zero attached hydrogens (tertiary/aromatic N) is 2. The zero-order valence-electron chi connectivity index (χ0n) is 12.9. The Hall–Kier alpha value is -2.40. The number of pyridine rings is 1. The monoisotopic (exact) mass is 311 g/mol. The van der Waals surface area contributed by atoms with Crippen LogP contribution >= 0.6 is 0 Å². The zero-order chi connectivity index (χ0) is 16.1. The van der Waals surface area contributed by atoms with Gasteiger partial charge >= 0.3 is 6.03 Å². The lowest BCUT2D eigenvalue weighted by Crippen LogP contribution is -2.46. The molecule has 1 saturated heterocycles. The van der Waals surface area contributed by atoms with Crippen LogP contribution in [-0.2, 0) is 13.0 Å². The summed E-state index contributed by atoms with van der Waals surface area (Å²) >= 11 is 0. The molecule has 0 saturated carbocycles. The molecule has 3 rings (SSSR count). The van der Waals surface area contributed by atoms with Crippen molar-refractivity contribution in [3.63, 3.8) is 0 Å². The minimum absolute atomic E-state index is 0.121. The first-order valence-electron chi connectivity index (χ1n) is 7.89. The Morgan fingerprint density at radius 2 is 1.91 bits per heavy atom. The van der Waals surface area contributed by atoms with E-state index in [1.54, 1.807) is 17.3 Å². The van der Waals surface area contributed by atoms with Crippen molar-refractivity contribution < 1.29 is 9.90 Å². The Morgan fingerprint density at radius 3 is 2.65 bits per heavy atom. The van der Waals surface area contributed by atoms with Crippen LogP contribution in [-0.4, -0.2) is 39.7 Å². The van der Waals surface area contributed by atoms with Crippen molar-refractivity contribution in [1.29, 1.82) is 0 Å². The number of urea groups is 1. The van der Waals surface area contributed by atoms with Crippen molar-refractivity contribution in [2.24, 2.45) is 0 Å². The van der Waals surface area contributed by atoms with Crippen LogP contribution in [0.15, 0.2) is 54.9 Å². The van der Waals surface area contributed by atoms with Gasteiger partial charge in [0, 0.05) is 25.5 Å². The van der Waals surface area contributed by atoms with Crippen LogP contribution in [0.2, 0.25) is 0 Å². The number of carbonyl (C=O) groups excluding carboxylic acids is 1. The molecule has 0 radical (unpaired) electrons. The molecular weight excluding hydrogens is 290 g/mol. The van der Waals surface area contributed by atoms with E-state index in [-0.39, 0.29) is 12.1 Å². The maximum Gasteiger partial charge on any atom is 0.318 e. The number of rotatable bonds is 4. The summed E-state index contributed by atoms with van der Waals surface area (Å²) in [6, 6.07) is 13.3. The molecule has 0 spiro atoms. The second kappa shape index (κ2) is 7.24. The first kappa shape index (κ1) is 15.5. The quantitative estimate of drug-likeness (QED) is 0.907. The maximum atomic E-state index is 12.5. The largest absolute Gasteiger partial charge is 0.391 e. The molecule has 5 nitrogen and oxygen atoms in total. The predicted octanol–water partition coefficient (Wildman–Crippen LogP) is 1.97. The normalized spacial score (nSPS) is 20.5. The fraction of sp³-hybridized carbons (Fsp3) is 0.333. The number of amides is 2. The van der Waals surface area contributed by atoms with Gasteiger partial charge in [0.1, 0.15) is 0 Å². The summed E-state index contributed by atoms with van der Waals surface area (Å²) in [6.45, 7) is 1.08. The molecule has 1 aromatic carbocycles. The van der Waals surface area contributed by atoms with Gasteiger partial charge in [0.2, 0.25) is 0 Å². The number of aliphatic hydroxyl groups excluding tert-OH is 1. The van der Waals surface area contributed by atoms with Gasteiger partial charge in [-0.3, -0.25) is 4.98 Å². The number of hydrogen-bond donors (Lipinski definition) is 2. The number of likely N-dealkylation sites (tertiary alicyclic amines) is 1. The molecule has 2 atom stereocenters. The van der Waals surface area contributed by atoms with Crippen LogP contribution in [0.25, 0.3) is 0 Å². The summed E-state index contributed by atoms with van der Waals surface area (Å²) in [6.07, 6.45) is 4.25. The lowest BCUT2D eigenvalue weighted by atomic mass is 10.0. The first-order chi connectivity index (χ1) is 11.2. The highest BCUT2D eigenvalue weighted by Gasteiger charge is 2.35. The fourth-order valence-electron chi connectivity index (χ4n) is 2.97. The lowest BCUT2D eigenvalue weighted by Gasteiger charge is -2.26. The van der Waals surface area contributed by atoms with Crippen molar-refractivity contribution in [3.05, 3.63) is 66.0 Å². The Bertz CT molecular complexity index is 633. The molecule has 2 heterocycles. The SMILES string of the molecule is O=C(NCc1ccccc1)N1CC[C@@H](O)[C@@H]1Cc1ccncc1. The second-order valence-electron chi connectivity index (χ2n) is 5.82. The average molecular weight is 311 g/mol. The van der Waals surface area contributed by atoms with Crippen LogP contribution in [0, 0.1) is 0 Å². The van der Waals surface area contributed by atoms with Gasteiger partial charge in [-0.2, -0.15) is 0 Å². The van der Waals surface area contributed by atoms with Crippen LogP contribution in [0.3, 0.4) is 0 Å². The van der Waals surface area contributed by atoms with Crippen molar-refractivity contribution in [2.45, 2.75) is 31.5 Å². The fourth-order valence-corrected chi connectivity index (χ4v) is 2.97. The number of aromatic nitrogens is 1. The summed E-state index contributed by atoms with van der Waals surface area (Å²) in [5.41, 5.74) is 2.14. The molecule has 120 valence electrons. The van der Waals surface area contributed by atoms with E-state index in [0.29, 0.717) is 25.9 Å². The van der Waals surface area contributed by atoms with Gasteiger partial charge in [-0.25, -0.2) is 4.79 Å². The Balaban J connectivity index is 1.62. The van der Waals surface area contributed by atoms with Crippen LogP contribution in [0.5, 0.6) is 0 Å². The zero-order valence-corrected chi connectivity index (χ0v) is 12.9. The third kappa shape index (κ3) is 3.87. The summed E-state index contributed by atoms with van der Waals surface area (Å²) in [4.78, 5) is 18.2. The number of nitrogens with one attached hydrogen (secondary N) is 1. The number of hydrogen-bond acceptors (Lipinski definition) is 3. The van der Waals surface area contributed by atoms with Crippen molar-refractivity contribution in [3.8, 4) is 0 Å². The summed E-state index contributed by atoms with van der Waals surface area (Å²) in [5.74, 6) is 0. The summed E-state index contributed by atoms with van der Waals surface area (Å²) in [5, 5.41) is 13.2. The van der Waals surface area contributed by atoms with Crippen LogP contribution in [0.1, 0.15) is 17.5 Å². The predicted molar refractivity (Wildman–Crippen MR) is 87.7 cm³/mol. The van der Waals surface area contributed by atoms with E-state index in [1.165, 1.54) is 0 Å². The van der Waals surface area contributed by atoms with Crippen LogP contribution in [0.4, 0.5) is 4.79 Å². The van der Waals surface area contributed by atoms with Gasteiger partial charge < -0.3 is 15.3 Å². The molecule has 5 heteroatoms. The average Bonchev–Trinajstić information content (AvgIpc) is 2.95. The minimum atomic E-state index is -0.481. The second-order valence-corrected chi connectivity index (χ2v) is 5.82. The van der Waals surface area contributed by atoms with E-state index in [9.17, 15) is 9.90 Å². The first-order valence-corrected chi connectivity index (χ1v) is 7.89. The molecule has 1 aliphatic heterocycles. The molecule has 2 amide bonds.